The second-order valence-electron chi connectivity index (χ2n) is 4.15. The molecular formula is C13H13F3N4O. The number of hydrogen-bond acceptors (Lipinski definition) is 3. The summed E-state index contributed by atoms with van der Waals surface area (Å²) in [6, 6.07) is 3.45. The molecule has 0 atom stereocenters. The van der Waals surface area contributed by atoms with E-state index >= 15 is 0 Å². The molecule has 2 rings (SSSR count). The highest BCUT2D eigenvalue weighted by molar-refractivity contribution is 6.07. The molecule has 0 aliphatic heterocycles. The minimum atomic E-state index is -4.54. The Bertz CT molecular complexity index is 623. The van der Waals surface area contributed by atoms with Gasteiger partial charge in [0.1, 0.15) is 0 Å². The lowest BCUT2D eigenvalue weighted by atomic mass is 10.1. The lowest BCUT2D eigenvalue weighted by Gasteiger charge is -2.17. The van der Waals surface area contributed by atoms with Gasteiger partial charge < -0.3 is 10.3 Å². The van der Waals surface area contributed by atoms with Crippen LogP contribution in [0.3, 0.4) is 0 Å². The topological polar surface area (TPSA) is 69.8 Å². The number of anilines is 2. The molecule has 21 heavy (non-hydrogen) atoms. The van der Waals surface area contributed by atoms with Crippen molar-refractivity contribution in [3.8, 4) is 0 Å². The molecule has 5 nitrogen and oxygen atoms in total. The molecule has 0 aliphatic rings. The van der Waals surface area contributed by atoms with Crippen LogP contribution in [-0.4, -0.2) is 22.4 Å². The summed E-state index contributed by atoms with van der Waals surface area (Å²) in [6.07, 6.45) is -1.63. The maximum Gasteiger partial charge on any atom is 0.418 e. The van der Waals surface area contributed by atoms with Gasteiger partial charge in [-0.25, -0.2) is 4.98 Å². The first-order valence-corrected chi connectivity index (χ1v) is 6.18. The first kappa shape index (κ1) is 14.9. The van der Waals surface area contributed by atoms with Crippen LogP contribution < -0.4 is 10.6 Å². The minimum Gasteiger partial charge on any atom is -0.384 e. The number of nitrogens with one attached hydrogen (secondary N) is 3. The van der Waals surface area contributed by atoms with Gasteiger partial charge in [-0.05, 0) is 19.1 Å². The van der Waals surface area contributed by atoms with Gasteiger partial charge in [-0.1, -0.05) is 6.07 Å². The van der Waals surface area contributed by atoms with E-state index in [1.165, 1.54) is 24.5 Å². The summed E-state index contributed by atoms with van der Waals surface area (Å²) in [7, 11) is 0. The SMILES string of the molecule is CCNc1c(C(=O)Nc2ncc[nH]2)cccc1C(F)(F)F. The molecule has 0 saturated heterocycles. The second kappa shape index (κ2) is 5.86. The average molecular weight is 298 g/mol. The molecule has 1 aromatic carbocycles. The van der Waals surface area contributed by atoms with Gasteiger partial charge >= 0.3 is 6.18 Å². The number of carbonyl (C=O) groups is 1. The number of aromatic nitrogens is 2. The highest BCUT2D eigenvalue weighted by Crippen LogP contribution is 2.36. The third-order valence-corrected chi connectivity index (χ3v) is 2.70. The number of benzene rings is 1. The van der Waals surface area contributed by atoms with E-state index < -0.39 is 17.6 Å². The minimum absolute atomic E-state index is 0.0944. The fourth-order valence-corrected chi connectivity index (χ4v) is 1.85. The number of alkyl halides is 3. The lowest BCUT2D eigenvalue weighted by Crippen LogP contribution is -2.19. The number of imidazole rings is 1. The van der Waals surface area contributed by atoms with Crippen LogP contribution in [0.15, 0.2) is 30.6 Å². The number of amides is 1. The number of para-hydroxylation sites is 1. The van der Waals surface area contributed by atoms with Gasteiger partial charge in [-0.2, -0.15) is 13.2 Å². The van der Waals surface area contributed by atoms with Crippen LogP contribution in [0, 0.1) is 0 Å². The maximum absolute atomic E-state index is 13.0. The van der Waals surface area contributed by atoms with Crippen molar-refractivity contribution < 1.29 is 18.0 Å². The third kappa shape index (κ3) is 3.33. The molecule has 2 aromatic rings. The predicted molar refractivity (Wildman–Crippen MR) is 72.1 cm³/mol. The van der Waals surface area contributed by atoms with Gasteiger partial charge in [0.2, 0.25) is 5.95 Å². The van der Waals surface area contributed by atoms with Gasteiger partial charge in [0.05, 0.1) is 16.8 Å². The van der Waals surface area contributed by atoms with E-state index in [1.807, 2.05) is 0 Å². The largest absolute Gasteiger partial charge is 0.418 e. The number of rotatable bonds is 4. The molecule has 3 N–H and O–H groups in total. The Morgan fingerprint density at radius 3 is 2.71 bits per heavy atom. The van der Waals surface area contributed by atoms with Crippen molar-refractivity contribution in [2.24, 2.45) is 0 Å². The highest BCUT2D eigenvalue weighted by atomic mass is 19.4. The van der Waals surface area contributed by atoms with E-state index in [1.54, 1.807) is 6.92 Å². The fraction of sp³-hybridized carbons (Fsp3) is 0.231. The van der Waals surface area contributed by atoms with Crippen molar-refractivity contribution in [3.05, 3.63) is 41.7 Å². The normalized spacial score (nSPS) is 11.2. The third-order valence-electron chi connectivity index (χ3n) is 2.70. The molecule has 0 bridgehead atoms. The Hall–Kier alpha value is -2.51. The first-order valence-electron chi connectivity index (χ1n) is 6.18. The van der Waals surface area contributed by atoms with Gasteiger partial charge in [-0.15, -0.1) is 0 Å². The molecule has 0 radical (unpaired) electrons. The van der Waals surface area contributed by atoms with Crippen molar-refractivity contribution in [2.45, 2.75) is 13.1 Å². The summed E-state index contributed by atoms with van der Waals surface area (Å²) < 4.78 is 39.0. The molecule has 0 spiro atoms. The van der Waals surface area contributed by atoms with E-state index in [2.05, 4.69) is 20.6 Å². The number of halogens is 3. The molecule has 1 amide bonds. The Morgan fingerprint density at radius 1 is 1.38 bits per heavy atom. The molecule has 8 heteroatoms. The van der Waals surface area contributed by atoms with Gasteiger partial charge in [0, 0.05) is 18.9 Å². The van der Waals surface area contributed by atoms with Crippen LogP contribution in [-0.2, 0) is 6.18 Å². The van der Waals surface area contributed by atoms with Crippen LogP contribution in [0.25, 0.3) is 0 Å². The summed E-state index contributed by atoms with van der Waals surface area (Å²) in [4.78, 5) is 18.6. The second-order valence-corrected chi connectivity index (χ2v) is 4.15. The first-order chi connectivity index (χ1) is 9.93. The summed E-state index contributed by atoms with van der Waals surface area (Å²) >= 11 is 0. The van der Waals surface area contributed by atoms with E-state index in [0.717, 1.165) is 6.07 Å². The van der Waals surface area contributed by atoms with Crippen LogP contribution in [0.4, 0.5) is 24.8 Å². The molecule has 1 aromatic heterocycles. The summed E-state index contributed by atoms with van der Waals surface area (Å²) in [5.74, 6) is -0.508. The van der Waals surface area contributed by atoms with Gasteiger partial charge in [0.15, 0.2) is 0 Å². The van der Waals surface area contributed by atoms with Crippen molar-refractivity contribution >= 4 is 17.5 Å². The number of carbonyl (C=O) groups excluding carboxylic acids is 1. The van der Waals surface area contributed by atoms with Crippen molar-refractivity contribution in [1.82, 2.24) is 9.97 Å². The Kier molecular flexibility index (Phi) is 4.15. The maximum atomic E-state index is 13.0. The molecule has 0 aliphatic carbocycles. The smallest absolute Gasteiger partial charge is 0.384 e. The fourth-order valence-electron chi connectivity index (χ4n) is 1.85. The molecule has 0 saturated carbocycles. The molecule has 0 unspecified atom stereocenters. The number of hydrogen-bond donors (Lipinski definition) is 3. The Balaban J connectivity index is 2.40. The number of aromatic amines is 1. The zero-order valence-corrected chi connectivity index (χ0v) is 11.1. The lowest BCUT2D eigenvalue weighted by molar-refractivity contribution is -0.136. The van der Waals surface area contributed by atoms with Crippen LogP contribution >= 0.6 is 0 Å². The van der Waals surface area contributed by atoms with Crippen molar-refractivity contribution in [2.75, 3.05) is 17.2 Å². The summed E-state index contributed by atoms with van der Waals surface area (Å²) in [5, 5.41) is 5.00. The molecule has 0 fully saturated rings. The van der Waals surface area contributed by atoms with Crippen molar-refractivity contribution in [1.29, 1.82) is 0 Å². The van der Waals surface area contributed by atoms with E-state index in [9.17, 15) is 18.0 Å². The van der Waals surface area contributed by atoms with E-state index in [0.29, 0.717) is 0 Å². The van der Waals surface area contributed by atoms with Crippen LogP contribution in [0.5, 0.6) is 0 Å². The molecular weight excluding hydrogens is 285 g/mol. The van der Waals surface area contributed by atoms with E-state index in [-0.39, 0.29) is 23.7 Å². The molecule has 112 valence electrons. The number of H-pyrrole nitrogens is 1. The summed E-state index contributed by atoms with van der Waals surface area (Å²) in [5.41, 5.74) is -1.21. The zero-order chi connectivity index (χ0) is 15.5. The standard InChI is InChI=1S/C13H13F3N4O/c1-2-17-10-8(4-3-5-9(10)13(14,15)16)11(21)20-12-18-6-7-19-12/h3-7,17H,2H2,1H3,(H2,18,19,20,21). The van der Waals surface area contributed by atoms with Gasteiger partial charge in [-0.3, -0.25) is 10.1 Å². The van der Waals surface area contributed by atoms with Crippen LogP contribution in [0.1, 0.15) is 22.8 Å². The summed E-state index contributed by atoms with van der Waals surface area (Å²) in [6.45, 7) is 1.91. The molecule has 1 heterocycles. The predicted octanol–water partition coefficient (Wildman–Crippen LogP) is 3.11. The van der Waals surface area contributed by atoms with Crippen LogP contribution in [0.2, 0.25) is 0 Å². The van der Waals surface area contributed by atoms with E-state index in [4.69, 9.17) is 0 Å². The number of nitrogens with zero attached hydrogens (tertiary/aromatic N) is 1. The van der Waals surface area contributed by atoms with Crippen molar-refractivity contribution in [3.63, 3.8) is 0 Å². The highest BCUT2D eigenvalue weighted by Gasteiger charge is 2.35. The van der Waals surface area contributed by atoms with Gasteiger partial charge in [0.25, 0.3) is 5.91 Å². The zero-order valence-electron chi connectivity index (χ0n) is 11.1. The Labute approximate surface area is 118 Å². The monoisotopic (exact) mass is 298 g/mol. The quantitative estimate of drug-likeness (QED) is 0.812. The Morgan fingerprint density at radius 2 is 2.14 bits per heavy atom. The average Bonchev–Trinajstić information content (AvgIpc) is 2.90.